The number of hydrogen-bond donors (Lipinski definition) is 3. The number of hydrogen-bond acceptors (Lipinski definition) is 3. The SMILES string of the molecule is C=C1/C(=C/C=C2/CCC[C@@]3(C)C2CC[C@@H]3[C@H](C)CCCC(C)(C)O)C[C@@H](O)C[C@H]1O. The van der Waals surface area contributed by atoms with E-state index in [1.807, 2.05) is 13.8 Å². The van der Waals surface area contributed by atoms with E-state index in [1.165, 1.54) is 38.5 Å². The maximum absolute atomic E-state index is 10.1. The van der Waals surface area contributed by atoms with Gasteiger partial charge in [-0.1, -0.05) is 51.0 Å². The maximum Gasteiger partial charge on any atom is 0.0811 e. The molecule has 0 aromatic carbocycles. The first-order valence-corrected chi connectivity index (χ1v) is 12.2. The molecule has 0 amide bonds. The van der Waals surface area contributed by atoms with Gasteiger partial charge in [0.2, 0.25) is 0 Å². The van der Waals surface area contributed by atoms with E-state index in [2.05, 4.69) is 32.6 Å². The van der Waals surface area contributed by atoms with Gasteiger partial charge in [0, 0.05) is 6.42 Å². The average Bonchev–Trinajstić information content (AvgIpc) is 3.00. The van der Waals surface area contributed by atoms with Crippen LogP contribution in [0.1, 0.15) is 91.9 Å². The van der Waals surface area contributed by atoms with E-state index in [9.17, 15) is 15.3 Å². The van der Waals surface area contributed by atoms with Gasteiger partial charge in [-0.15, -0.1) is 0 Å². The Morgan fingerprint density at radius 1 is 1.23 bits per heavy atom. The van der Waals surface area contributed by atoms with E-state index in [1.54, 1.807) is 5.57 Å². The van der Waals surface area contributed by atoms with Crippen molar-refractivity contribution in [1.82, 2.24) is 0 Å². The molecule has 3 heteroatoms. The van der Waals surface area contributed by atoms with Crippen molar-refractivity contribution in [2.45, 2.75) is 110 Å². The second-order valence-electron chi connectivity index (χ2n) is 11.3. The zero-order chi connectivity index (χ0) is 22.1. The molecule has 0 bridgehead atoms. The van der Waals surface area contributed by atoms with Gasteiger partial charge in [0.05, 0.1) is 17.8 Å². The van der Waals surface area contributed by atoms with Crippen LogP contribution in [0.15, 0.2) is 35.5 Å². The number of aliphatic hydroxyl groups is 3. The summed E-state index contributed by atoms with van der Waals surface area (Å²) in [5, 5.41) is 30.2. The molecule has 30 heavy (non-hydrogen) atoms. The first kappa shape index (κ1) is 23.8. The van der Waals surface area contributed by atoms with Crippen molar-refractivity contribution < 1.29 is 15.3 Å². The predicted octanol–water partition coefficient (Wildman–Crippen LogP) is 5.70. The van der Waals surface area contributed by atoms with Crippen LogP contribution >= 0.6 is 0 Å². The fourth-order valence-corrected chi connectivity index (χ4v) is 6.74. The molecule has 3 N–H and O–H groups in total. The predicted molar refractivity (Wildman–Crippen MR) is 124 cm³/mol. The normalized spacial score (nSPS) is 38.8. The monoisotopic (exact) mass is 416 g/mol. The molecule has 170 valence electrons. The van der Waals surface area contributed by atoms with E-state index in [0.29, 0.717) is 30.1 Å². The van der Waals surface area contributed by atoms with Gasteiger partial charge in [-0.05, 0) is 93.1 Å². The molecule has 0 aliphatic heterocycles. The minimum absolute atomic E-state index is 0.374. The number of aliphatic hydroxyl groups excluding tert-OH is 2. The van der Waals surface area contributed by atoms with Crippen LogP contribution < -0.4 is 0 Å². The quantitative estimate of drug-likeness (QED) is 0.520. The van der Waals surface area contributed by atoms with Crippen LogP contribution in [-0.2, 0) is 0 Å². The van der Waals surface area contributed by atoms with Crippen molar-refractivity contribution in [3.8, 4) is 0 Å². The molecule has 3 saturated carbocycles. The highest BCUT2D eigenvalue weighted by molar-refractivity contribution is 5.38. The zero-order valence-corrected chi connectivity index (χ0v) is 19.7. The van der Waals surface area contributed by atoms with Gasteiger partial charge >= 0.3 is 0 Å². The summed E-state index contributed by atoms with van der Waals surface area (Å²) >= 11 is 0. The Labute approximate surface area is 184 Å². The Bertz CT molecular complexity index is 683. The lowest BCUT2D eigenvalue weighted by molar-refractivity contribution is 0.0596. The maximum atomic E-state index is 10.1. The van der Waals surface area contributed by atoms with Crippen molar-refractivity contribution in [2.75, 3.05) is 0 Å². The lowest BCUT2D eigenvalue weighted by atomic mass is 9.60. The Kier molecular flexibility index (Phi) is 7.37. The van der Waals surface area contributed by atoms with E-state index < -0.39 is 17.8 Å². The Hall–Kier alpha value is -0.900. The summed E-state index contributed by atoms with van der Waals surface area (Å²) in [4.78, 5) is 0. The fourth-order valence-electron chi connectivity index (χ4n) is 6.74. The van der Waals surface area contributed by atoms with Gasteiger partial charge in [0.25, 0.3) is 0 Å². The molecule has 0 aromatic heterocycles. The number of rotatable bonds is 6. The summed E-state index contributed by atoms with van der Waals surface area (Å²) < 4.78 is 0. The number of fused-ring (bicyclic) bond motifs is 1. The molecule has 0 spiro atoms. The summed E-state index contributed by atoms with van der Waals surface area (Å²) in [7, 11) is 0. The molecule has 3 rings (SSSR count). The smallest absolute Gasteiger partial charge is 0.0811 e. The first-order chi connectivity index (χ1) is 14.0. The molecular weight excluding hydrogens is 372 g/mol. The van der Waals surface area contributed by atoms with Gasteiger partial charge in [-0.3, -0.25) is 0 Å². The van der Waals surface area contributed by atoms with E-state index in [-0.39, 0.29) is 0 Å². The third-order valence-electron chi connectivity index (χ3n) is 8.44. The minimum Gasteiger partial charge on any atom is -0.393 e. The Morgan fingerprint density at radius 2 is 1.97 bits per heavy atom. The average molecular weight is 417 g/mol. The molecule has 1 unspecified atom stereocenters. The van der Waals surface area contributed by atoms with Crippen molar-refractivity contribution in [2.24, 2.45) is 23.2 Å². The molecule has 3 aliphatic rings. The van der Waals surface area contributed by atoms with Gasteiger partial charge in [0.1, 0.15) is 0 Å². The van der Waals surface area contributed by atoms with Crippen molar-refractivity contribution in [3.63, 3.8) is 0 Å². The summed E-state index contributed by atoms with van der Waals surface area (Å²) in [5.74, 6) is 2.11. The molecule has 0 saturated heterocycles. The molecule has 0 heterocycles. The number of allylic oxidation sites excluding steroid dienone is 3. The summed E-state index contributed by atoms with van der Waals surface area (Å²) in [5.41, 5.74) is 3.17. The third kappa shape index (κ3) is 5.29. The van der Waals surface area contributed by atoms with Crippen molar-refractivity contribution in [3.05, 3.63) is 35.5 Å². The lowest BCUT2D eigenvalue weighted by Crippen LogP contribution is -2.36. The first-order valence-electron chi connectivity index (χ1n) is 12.2. The second-order valence-corrected chi connectivity index (χ2v) is 11.3. The minimum atomic E-state index is -0.615. The van der Waals surface area contributed by atoms with Crippen LogP contribution in [0.4, 0.5) is 0 Å². The lowest BCUT2D eigenvalue weighted by Gasteiger charge is -2.44. The van der Waals surface area contributed by atoms with E-state index in [0.717, 1.165) is 29.9 Å². The van der Waals surface area contributed by atoms with Crippen LogP contribution in [-0.4, -0.2) is 33.1 Å². The largest absolute Gasteiger partial charge is 0.393 e. The standard InChI is InChI=1S/C27H44O3/c1-18(8-6-14-26(3,4)30)23-12-13-24-20(9-7-15-27(23,24)5)10-11-21-16-22(28)17-25(29)19(21)2/h10-11,18,22-25,28-30H,2,6-9,12-17H2,1,3-5H3/b20-10-,21-11+/t18-,22-,23-,24?,25-,27-/m1/s1. The molecule has 3 aliphatic carbocycles. The summed E-state index contributed by atoms with van der Waals surface area (Å²) in [6.07, 6.45) is 13.9. The highest BCUT2D eigenvalue weighted by Gasteiger charge is 2.50. The summed E-state index contributed by atoms with van der Waals surface area (Å²) in [6.45, 7) is 12.8. The van der Waals surface area contributed by atoms with Crippen molar-refractivity contribution >= 4 is 0 Å². The van der Waals surface area contributed by atoms with E-state index in [4.69, 9.17) is 0 Å². The van der Waals surface area contributed by atoms with Crippen LogP contribution in [0.5, 0.6) is 0 Å². The summed E-state index contributed by atoms with van der Waals surface area (Å²) in [6, 6.07) is 0. The van der Waals surface area contributed by atoms with Crippen molar-refractivity contribution in [1.29, 1.82) is 0 Å². The molecule has 3 fully saturated rings. The van der Waals surface area contributed by atoms with Crippen LogP contribution in [0.25, 0.3) is 0 Å². The highest BCUT2D eigenvalue weighted by atomic mass is 16.3. The third-order valence-corrected chi connectivity index (χ3v) is 8.44. The highest BCUT2D eigenvalue weighted by Crippen LogP contribution is 2.60. The molecule has 0 radical (unpaired) electrons. The van der Waals surface area contributed by atoms with Gasteiger partial charge in [0.15, 0.2) is 0 Å². The molecule has 0 aromatic rings. The second kappa shape index (κ2) is 9.30. The Morgan fingerprint density at radius 3 is 2.67 bits per heavy atom. The van der Waals surface area contributed by atoms with Gasteiger partial charge in [-0.2, -0.15) is 0 Å². The molecule has 3 nitrogen and oxygen atoms in total. The van der Waals surface area contributed by atoms with Crippen LogP contribution in [0.2, 0.25) is 0 Å². The van der Waals surface area contributed by atoms with Gasteiger partial charge in [-0.25, -0.2) is 0 Å². The molecule has 6 atom stereocenters. The fraction of sp³-hybridized carbons (Fsp3) is 0.778. The Balaban J connectivity index is 1.70. The topological polar surface area (TPSA) is 60.7 Å². The molecular formula is C27H44O3. The van der Waals surface area contributed by atoms with Crippen LogP contribution in [0, 0.1) is 23.2 Å². The zero-order valence-electron chi connectivity index (χ0n) is 19.7. The van der Waals surface area contributed by atoms with E-state index >= 15 is 0 Å². The van der Waals surface area contributed by atoms with Crippen LogP contribution in [0.3, 0.4) is 0 Å². The van der Waals surface area contributed by atoms with Gasteiger partial charge < -0.3 is 15.3 Å².